The second-order valence-corrected chi connectivity index (χ2v) is 5.57. The molecule has 2 aliphatic rings. The van der Waals surface area contributed by atoms with Crippen LogP contribution in [0.25, 0.3) is 10.8 Å². The highest BCUT2D eigenvalue weighted by molar-refractivity contribution is 6.25. The lowest BCUT2D eigenvalue weighted by Crippen LogP contribution is -2.56. The van der Waals surface area contributed by atoms with Crippen molar-refractivity contribution in [2.24, 2.45) is 5.73 Å². The predicted octanol–water partition coefficient (Wildman–Crippen LogP) is 1.93. The number of rotatable bonds is 1. The molecule has 1 heterocycles. The van der Waals surface area contributed by atoms with E-state index >= 15 is 0 Å². The second-order valence-electron chi connectivity index (χ2n) is 5.57. The molecule has 100 valence electrons. The van der Waals surface area contributed by atoms with Gasteiger partial charge in [-0.3, -0.25) is 14.5 Å². The van der Waals surface area contributed by atoms with Crippen LogP contribution in [-0.4, -0.2) is 28.8 Å². The lowest BCUT2D eigenvalue weighted by Gasteiger charge is -2.41. The fourth-order valence-corrected chi connectivity index (χ4v) is 3.22. The molecule has 4 rings (SSSR count). The van der Waals surface area contributed by atoms with Crippen LogP contribution in [0.1, 0.15) is 33.6 Å². The molecule has 4 nitrogen and oxygen atoms in total. The lowest BCUT2D eigenvalue weighted by atomic mass is 9.83. The molecule has 0 bridgehead atoms. The summed E-state index contributed by atoms with van der Waals surface area (Å²) in [6, 6.07) is 11.2. The van der Waals surface area contributed by atoms with E-state index in [0.29, 0.717) is 24.0 Å². The van der Waals surface area contributed by atoms with Crippen molar-refractivity contribution in [3.8, 4) is 0 Å². The summed E-state index contributed by atoms with van der Waals surface area (Å²) >= 11 is 0. The van der Waals surface area contributed by atoms with E-state index in [2.05, 4.69) is 0 Å². The molecular formula is C16H14N2O2. The number of hydrogen-bond acceptors (Lipinski definition) is 3. The van der Waals surface area contributed by atoms with Crippen LogP contribution in [0.2, 0.25) is 0 Å². The van der Waals surface area contributed by atoms with Gasteiger partial charge >= 0.3 is 0 Å². The summed E-state index contributed by atoms with van der Waals surface area (Å²) in [5, 5.41) is 1.72. The number of carbonyl (C=O) groups is 2. The maximum Gasteiger partial charge on any atom is 0.261 e. The zero-order chi connectivity index (χ0) is 13.9. The van der Waals surface area contributed by atoms with Crippen molar-refractivity contribution >= 4 is 22.6 Å². The van der Waals surface area contributed by atoms with Crippen molar-refractivity contribution in [1.29, 1.82) is 0 Å². The van der Waals surface area contributed by atoms with E-state index in [1.165, 1.54) is 4.90 Å². The smallest absolute Gasteiger partial charge is 0.261 e. The van der Waals surface area contributed by atoms with E-state index < -0.39 is 0 Å². The van der Waals surface area contributed by atoms with Gasteiger partial charge in [-0.2, -0.15) is 0 Å². The molecule has 0 aromatic heterocycles. The summed E-state index contributed by atoms with van der Waals surface area (Å²) in [6.45, 7) is 0. The normalized spacial score (nSPS) is 24.9. The van der Waals surface area contributed by atoms with Gasteiger partial charge in [-0.1, -0.05) is 24.3 Å². The molecule has 2 aromatic rings. The van der Waals surface area contributed by atoms with Gasteiger partial charge in [-0.15, -0.1) is 0 Å². The Bertz CT molecular complexity index is 696. The number of benzene rings is 2. The van der Waals surface area contributed by atoms with Crippen LogP contribution in [0.15, 0.2) is 36.4 Å². The Kier molecular flexibility index (Phi) is 2.26. The van der Waals surface area contributed by atoms with Crippen molar-refractivity contribution in [1.82, 2.24) is 4.90 Å². The Morgan fingerprint density at radius 3 is 2.00 bits per heavy atom. The minimum absolute atomic E-state index is 0.0476. The summed E-state index contributed by atoms with van der Waals surface area (Å²) in [6.07, 6.45) is 1.41. The average molecular weight is 266 g/mol. The minimum atomic E-state index is -0.184. The van der Waals surface area contributed by atoms with E-state index in [1.54, 1.807) is 12.1 Å². The van der Waals surface area contributed by atoms with E-state index in [4.69, 9.17) is 5.73 Å². The van der Waals surface area contributed by atoms with Gasteiger partial charge in [0.2, 0.25) is 0 Å². The van der Waals surface area contributed by atoms with E-state index in [9.17, 15) is 9.59 Å². The zero-order valence-corrected chi connectivity index (χ0v) is 10.9. The molecule has 2 amide bonds. The molecule has 1 aliphatic carbocycles. The lowest BCUT2D eigenvalue weighted by molar-refractivity contribution is 0.0436. The molecule has 1 aliphatic heterocycles. The van der Waals surface area contributed by atoms with E-state index in [-0.39, 0.29) is 23.9 Å². The number of imide groups is 1. The molecule has 0 saturated heterocycles. The molecule has 2 N–H and O–H groups in total. The van der Waals surface area contributed by atoms with E-state index in [1.807, 2.05) is 24.3 Å². The Morgan fingerprint density at radius 2 is 1.50 bits per heavy atom. The minimum Gasteiger partial charge on any atom is -0.328 e. The second kappa shape index (κ2) is 3.90. The molecule has 0 unspecified atom stereocenters. The van der Waals surface area contributed by atoms with Gasteiger partial charge in [-0.25, -0.2) is 0 Å². The fourth-order valence-electron chi connectivity index (χ4n) is 3.22. The number of amides is 2. The van der Waals surface area contributed by atoms with Gasteiger partial charge in [0, 0.05) is 28.6 Å². The summed E-state index contributed by atoms with van der Waals surface area (Å²) in [5.41, 5.74) is 7.04. The summed E-state index contributed by atoms with van der Waals surface area (Å²) in [7, 11) is 0. The summed E-state index contributed by atoms with van der Waals surface area (Å²) in [4.78, 5) is 26.6. The molecule has 0 radical (unpaired) electrons. The topological polar surface area (TPSA) is 63.4 Å². The van der Waals surface area contributed by atoms with Crippen LogP contribution in [0.3, 0.4) is 0 Å². The van der Waals surface area contributed by atoms with Crippen molar-refractivity contribution in [2.75, 3.05) is 0 Å². The first kappa shape index (κ1) is 11.6. The van der Waals surface area contributed by atoms with Crippen molar-refractivity contribution in [3.63, 3.8) is 0 Å². The first-order valence-electron chi connectivity index (χ1n) is 6.82. The van der Waals surface area contributed by atoms with Gasteiger partial charge in [0.05, 0.1) is 0 Å². The molecule has 0 spiro atoms. The monoisotopic (exact) mass is 266 g/mol. The third-order valence-corrected chi connectivity index (χ3v) is 4.32. The highest BCUT2D eigenvalue weighted by Gasteiger charge is 2.41. The highest BCUT2D eigenvalue weighted by atomic mass is 16.2. The standard InChI is InChI=1S/C16H14N2O2/c17-10-7-11(8-10)18-15(19)12-5-1-3-9-4-2-6-13(14(9)12)16(18)20/h1-6,10-11H,7-8,17H2. The highest BCUT2D eigenvalue weighted by Crippen LogP contribution is 2.34. The molecular weight excluding hydrogens is 252 g/mol. The Morgan fingerprint density at radius 1 is 0.950 bits per heavy atom. The van der Waals surface area contributed by atoms with E-state index in [0.717, 1.165) is 10.8 Å². The fraction of sp³-hybridized carbons (Fsp3) is 0.250. The SMILES string of the molecule is NC1CC(N2C(=O)c3cccc4cccc(c34)C2=O)C1. The van der Waals surface area contributed by atoms with Gasteiger partial charge in [0.15, 0.2) is 0 Å². The third kappa shape index (κ3) is 1.40. The first-order chi connectivity index (χ1) is 9.66. The Hall–Kier alpha value is -2.20. The maximum absolute atomic E-state index is 12.6. The predicted molar refractivity (Wildman–Crippen MR) is 75.4 cm³/mol. The first-order valence-corrected chi connectivity index (χ1v) is 6.82. The molecule has 20 heavy (non-hydrogen) atoms. The molecule has 1 saturated carbocycles. The van der Waals surface area contributed by atoms with Crippen molar-refractivity contribution in [2.45, 2.75) is 24.9 Å². The quantitative estimate of drug-likeness (QED) is 0.802. The van der Waals surface area contributed by atoms with Crippen molar-refractivity contribution in [3.05, 3.63) is 47.5 Å². The van der Waals surface area contributed by atoms with Crippen LogP contribution in [0.5, 0.6) is 0 Å². The largest absolute Gasteiger partial charge is 0.328 e. The zero-order valence-electron chi connectivity index (χ0n) is 10.9. The van der Waals surface area contributed by atoms with Crippen LogP contribution >= 0.6 is 0 Å². The molecule has 0 atom stereocenters. The van der Waals surface area contributed by atoms with Crippen LogP contribution in [0.4, 0.5) is 0 Å². The maximum atomic E-state index is 12.6. The van der Waals surface area contributed by atoms with Crippen molar-refractivity contribution < 1.29 is 9.59 Å². The number of nitrogens with zero attached hydrogens (tertiary/aromatic N) is 1. The number of hydrogen-bond donors (Lipinski definition) is 1. The molecule has 1 fully saturated rings. The van der Waals surface area contributed by atoms with Gasteiger partial charge < -0.3 is 5.73 Å². The average Bonchev–Trinajstić information content (AvgIpc) is 2.43. The Balaban J connectivity index is 1.91. The van der Waals surface area contributed by atoms with Gasteiger partial charge in [-0.05, 0) is 30.4 Å². The van der Waals surface area contributed by atoms with Crippen LogP contribution in [0, 0.1) is 0 Å². The van der Waals surface area contributed by atoms with Crippen LogP contribution in [-0.2, 0) is 0 Å². The summed E-state index contributed by atoms with van der Waals surface area (Å²) < 4.78 is 0. The Labute approximate surface area is 116 Å². The van der Waals surface area contributed by atoms with Gasteiger partial charge in [0.1, 0.15) is 0 Å². The molecule has 4 heteroatoms. The molecule has 2 aromatic carbocycles. The summed E-state index contributed by atoms with van der Waals surface area (Å²) in [5.74, 6) is -0.368. The van der Waals surface area contributed by atoms with Gasteiger partial charge in [0.25, 0.3) is 11.8 Å². The van der Waals surface area contributed by atoms with Crippen LogP contribution < -0.4 is 5.73 Å². The number of nitrogens with two attached hydrogens (primary N) is 1. The third-order valence-electron chi connectivity index (χ3n) is 4.32. The number of carbonyl (C=O) groups excluding carboxylic acids is 2.